The van der Waals surface area contributed by atoms with Gasteiger partial charge in [-0.15, -0.1) is 0 Å². The minimum Gasteiger partial charge on any atom is -0.475 e. The topological polar surface area (TPSA) is 116 Å². The number of anilines is 1. The number of rotatable bonds is 8. The normalized spacial score (nSPS) is 17.4. The summed E-state index contributed by atoms with van der Waals surface area (Å²) in [6.07, 6.45) is -0.996. The van der Waals surface area contributed by atoms with Crippen LogP contribution in [0.25, 0.3) is 0 Å². The Kier molecular flexibility index (Phi) is 12.2. The number of likely N-dealkylation sites (tertiary alicyclic amines) is 1. The molecule has 1 aliphatic heterocycles. The van der Waals surface area contributed by atoms with Crippen molar-refractivity contribution in [1.29, 1.82) is 0 Å². The summed E-state index contributed by atoms with van der Waals surface area (Å²) in [6.45, 7) is 3.53. The van der Waals surface area contributed by atoms with Crippen LogP contribution in [0.5, 0.6) is 0 Å². The molecule has 1 amide bonds. The second kappa shape index (κ2) is 15.2. The Balaban J connectivity index is 0.000000676. The van der Waals surface area contributed by atoms with Crippen LogP contribution in [-0.4, -0.2) is 62.7 Å². The zero-order chi connectivity index (χ0) is 32.5. The summed E-state index contributed by atoms with van der Waals surface area (Å²) in [5, 5.41) is 9.54. The molecule has 2 fully saturated rings. The van der Waals surface area contributed by atoms with Crippen molar-refractivity contribution in [2.45, 2.75) is 62.2 Å². The fraction of sp³-hybridized carbons (Fsp3) is 0.517. The van der Waals surface area contributed by atoms with Crippen molar-refractivity contribution in [2.24, 2.45) is 11.8 Å². The summed E-state index contributed by atoms with van der Waals surface area (Å²) in [7, 11) is -3.74. The molecule has 1 saturated carbocycles. The molecular formula is C29H35F6N3O5S. The van der Waals surface area contributed by atoms with Crippen LogP contribution in [-0.2, 0) is 21.0 Å². The number of carboxylic acid groups (broad SMARTS) is 1. The van der Waals surface area contributed by atoms with Gasteiger partial charge >= 0.3 is 18.3 Å². The summed E-state index contributed by atoms with van der Waals surface area (Å²) in [5.74, 6) is -2.29. The van der Waals surface area contributed by atoms with Crippen LogP contribution in [0, 0.1) is 11.8 Å². The standard InChI is InChI=1S/C27H34F3N3O3S.C2HF3O2/c28-27(29,30)23-7-4-8-24(17-23)32-26(34)22-9-11-25(12-10-22)37(35,36)31-18-20-13-15-33(16-14-20)19-21-5-2-1-3-6-21;3-2(4,5)1(6)7/h4,7-12,17,20-21,31H,1-3,5-6,13-16,18-19H2,(H,32,34);(H,6,7). The maximum atomic E-state index is 12.9. The van der Waals surface area contributed by atoms with Gasteiger partial charge in [0.15, 0.2) is 0 Å². The molecule has 8 nitrogen and oxygen atoms in total. The van der Waals surface area contributed by atoms with Gasteiger partial charge in [-0.1, -0.05) is 25.3 Å². The molecule has 0 unspecified atom stereocenters. The van der Waals surface area contributed by atoms with Gasteiger partial charge in [0.25, 0.3) is 5.91 Å². The van der Waals surface area contributed by atoms with Gasteiger partial charge in [-0.05, 0) is 93.1 Å². The molecule has 0 radical (unpaired) electrons. The van der Waals surface area contributed by atoms with Gasteiger partial charge in [-0.2, -0.15) is 26.3 Å². The number of nitrogens with one attached hydrogen (secondary N) is 2. The van der Waals surface area contributed by atoms with Crippen LogP contribution < -0.4 is 10.0 Å². The summed E-state index contributed by atoms with van der Waals surface area (Å²) in [5.41, 5.74) is -0.725. The van der Waals surface area contributed by atoms with Crippen molar-refractivity contribution in [3.8, 4) is 0 Å². The van der Waals surface area contributed by atoms with E-state index in [9.17, 15) is 39.6 Å². The number of halogens is 6. The van der Waals surface area contributed by atoms with Crippen LogP contribution in [0.4, 0.5) is 32.0 Å². The van der Waals surface area contributed by atoms with Crippen molar-refractivity contribution in [3.63, 3.8) is 0 Å². The first kappa shape index (κ1) is 35.3. The van der Waals surface area contributed by atoms with E-state index >= 15 is 0 Å². The van der Waals surface area contributed by atoms with Crippen LogP contribution in [0.1, 0.15) is 60.9 Å². The lowest BCUT2D eigenvalue weighted by molar-refractivity contribution is -0.192. The zero-order valence-corrected chi connectivity index (χ0v) is 24.6. The highest BCUT2D eigenvalue weighted by Crippen LogP contribution is 2.31. The molecule has 0 aromatic heterocycles. The highest BCUT2D eigenvalue weighted by Gasteiger charge is 2.38. The minimum atomic E-state index is -5.08. The minimum absolute atomic E-state index is 0.00276. The maximum Gasteiger partial charge on any atom is 0.490 e. The predicted molar refractivity (Wildman–Crippen MR) is 150 cm³/mol. The molecule has 244 valence electrons. The predicted octanol–water partition coefficient (Wildman–Crippen LogP) is 6.16. The number of carboxylic acids is 1. The average molecular weight is 652 g/mol. The summed E-state index contributed by atoms with van der Waals surface area (Å²) in [4.78, 5) is 23.9. The Morgan fingerprint density at radius 2 is 1.45 bits per heavy atom. The number of sulfonamides is 1. The Morgan fingerprint density at radius 3 is 2.00 bits per heavy atom. The molecule has 4 rings (SSSR count). The van der Waals surface area contributed by atoms with E-state index in [0.29, 0.717) is 6.54 Å². The SMILES string of the molecule is O=C(Nc1cccc(C(F)(F)F)c1)c1ccc(S(=O)(=O)NCC2CCN(CC3CCCCC3)CC2)cc1.O=C(O)C(F)(F)F. The Labute approximate surface area is 251 Å². The van der Waals surface area contributed by atoms with E-state index in [1.54, 1.807) is 0 Å². The molecule has 0 spiro atoms. The fourth-order valence-corrected chi connectivity index (χ4v) is 6.30. The first-order valence-corrected chi connectivity index (χ1v) is 15.6. The summed E-state index contributed by atoms with van der Waals surface area (Å²) < 4.78 is 98.7. The van der Waals surface area contributed by atoms with Crippen molar-refractivity contribution in [3.05, 3.63) is 59.7 Å². The molecule has 1 aliphatic carbocycles. The number of hydrogen-bond acceptors (Lipinski definition) is 5. The van der Waals surface area contributed by atoms with Crippen molar-refractivity contribution in [2.75, 3.05) is 31.5 Å². The lowest BCUT2D eigenvalue weighted by Crippen LogP contribution is -2.40. The fourth-order valence-electron chi connectivity index (χ4n) is 5.18. The smallest absolute Gasteiger partial charge is 0.475 e. The molecule has 0 bridgehead atoms. The lowest BCUT2D eigenvalue weighted by Gasteiger charge is -2.35. The number of carbonyl (C=O) groups excluding carboxylic acids is 1. The highest BCUT2D eigenvalue weighted by molar-refractivity contribution is 7.89. The van der Waals surface area contributed by atoms with E-state index in [0.717, 1.165) is 50.5 Å². The molecule has 2 aliphatic rings. The molecule has 1 heterocycles. The summed E-state index contributed by atoms with van der Waals surface area (Å²) in [6, 6.07) is 9.69. The van der Waals surface area contributed by atoms with E-state index in [1.807, 2.05) is 0 Å². The molecule has 2 aromatic carbocycles. The van der Waals surface area contributed by atoms with E-state index in [-0.39, 0.29) is 22.1 Å². The van der Waals surface area contributed by atoms with E-state index in [1.165, 1.54) is 68.5 Å². The van der Waals surface area contributed by atoms with Crippen LogP contribution >= 0.6 is 0 Å². The number of hydrogen-bond donors (Lipinski definition) is 3. The van der Waals surface area contributed by atoms with E-state index in [2.05, 4.69) is 14.9 Å². The quantitative estimate of drug-likeness (QED) is 0.295. The Morgan fingerprint density at radius 1 is 0.864 bits per heavy atom. The first-order chi connectivity index (χ1) is 20.5. The van der Waals surface area contributed by atoms with Crippen LogP contribution in [0.2, 0.25) is 0 Å². The van der Waals surface area contributed by atoms with Gasteiger partial charge in [-0.25, -0.2) is 17.9 Å². The molecule has 0 atom stereocenters. The number of nitrogens with zero attached hydrogens (tertiary/aromatic N) is 1. The summed E-state index contributed by atoms with van der Waals surface area (Å²) >= 11 is 0. The third kappa shape index (κ3) is 11.1. The number of amides is 1. The van der Waals surface area contributed by atoms with Gasteiger partial charge in [0.05, 0.1) is 10.5 Å². The number of aliphatic carboxylic acids is 1. The van der Waals surface area contributed by atoms with Gasteiger partial charge in [0.2, 0.25) is 10.0 Å². The van der Waals surface area contributed by atoms with Crippen LogP contribution in [0.3, 0.4) is 0 Å². The largest absolute Gasteiger partial charge is 0.490 e. The van der Waals surface area contributed by atoms with Crippen LogP contribution in [0.15, 0.2) is 53.4 Å². The van der Waals surface area contributed by atoms with Crippen molar-refractivity contribution in [1.82, 2.24) is 9.62 Å². The van der Waals surface area contributed by atoms with E-state index in [4.69, 9.17) is 9.90 Å². The van der Waals surface area contributed by atoms with Gasteiger partial charge in [0.1, 0.15) is 0 Å². The monoisotopic (exact) mass is 651 g/mol. The van der Waals surface area contributed by atoms with Gasteiger partial charge in [0, 0.05) is 24.3 Å². The number of benzene rings is 2. The first-order valence-electron chi connectivity index (χ1n) is 14.2. The average Bonchev–Trinajstić information content (AvgIpc) is 2.97. The molecule has 44 heavy (non-hydrogen) atoms. The second-order valence-corrected chi connectivity index (χ2v) is 12.7. The van der Waals surface area contributed by atoms with Crippen molar-refractivity contribution < 1.29 is 49.5 Å². The number of alkyl halides is 6. The van der Waals surface area contributed by atoms with Gasteiger partial charge in [-0.3, -0.25) is 4.79 Å². The third-order valence-corrected chi connectivity index (χ3v) is 9.07. The van der Waals surface area contributed by atoms with Gasteiger partial charge < -0.3 is 15.3 Å². The molecule has 2 aromatic rings. The Hall–Kier alpha value is -3.17. The molecule has 15 heteroatoms. The molecule has 1 saturated heterocycles. The Bertz CT molecular complexity index is 1350. The third-order valence-electron chi connectivity index (χ3n) is 7.63. The van der Waals surface area contributed by atoms with E-state index < -0.39 is 39.8 Å². The maximum absolute atomic E-state index is 12.9. The zero-order valence-electron chi connectivity index (χ0n) is 23.8. The highest BCUT2D eigenvalue weighted by atomic mass is 32.2. The molecular weight excluding hydrogens is 616 g/mol. The second-order valence-electron chi connectivity index (χ2n) is 11.0. The van der Waals surface area contributed by atoms with Crippen molar-refractivity contribution >= 4 is 27.6 Å². The number of piperidine rings is 1. The molecule has 3 N–H and O–H groups in total. The number of carbonyl (C=O) groups is 2. The lowest BCUT2D eigenvalue weighted by atomic mass is 9.88.